The summed E-state index contributed by atoms with van der Waals surface area (Å²) >= 11 is 0. The van der Waals surface area contributed by atoms with Gasteiger partial charge >= 0.3 is 0 Å². The average Bonchev–Trinajstić information content (AvgIpc) is 2.86. The molecule has 0 aromatic carbocycles. The number of imidazole rings is 1. The number of hydrogen-bond acceptors (Lipinski definition) is 2. The minimum atomic E-state index is 0.971. The van der Waals surface area contributed by atoms with Gasteiger partial charge in [-0.2, -0.15) is 0 Å². The van der Waals surface area contributed by atoms with Gasteiger partial charge in [-0.1, -0.05) is 0 Å². The molecule has 3 N–H and O–H groups in total. The normalized spacial score (nSPS) is 10.3. The number of rotatable bonds is 5. The minimum absolute atomic E-state index is 0.971. The maximum absolute atomic E-state index is 4.16. The summed E-state index contributed by atoms with van der Waals surface area (Å²) in [6.45, 7) is 0.971. The zero-order valence-corrected chi connectivity index (χ0v) is 7.96. The Morgan fingerprint density at radius 2 is 2.36 bits per heavy atom. The molecule has 0 radical (unpaired) electrons. The van der Waals surface area contributed by atoms with Gasteiger partial charge in [-0.25, -0.2) is 4.98 Å². The Labute approximate surface area is 82.8 Å². The lowest BCUT2D eigenvalue weighted by Crippen LogP contribution is -2.02. The summed E-state index contributed by atoms with van der Waals surface area (Å²) in [5.41, 5.74) is 1.14. The van der Waals surface area contributed by atoms with Crippen LogP contribution in [-0.2, 0) is 6.42 Å². The third kappa shape index (κ3) is 2.39. The second kappa shape index (κ2) is 4.50. The van der Waals surface area contributed by atoms with Crippen LogP contribution in [0.3, 0.4) is 0 Å². The van der Waals surface area contributed by atoms with Crippen molar-refractivity contribution in [1.82, 2.24) is 15.0 Å². The summed E-state index contributed by atoms with van der Waals surface area (Å²) in [5.74, 6) is 1.06. The van der Waals surface area contributed by atoms with E-state index in [0.717, 1.165) is 30.9 Å². The van der Waals surface area contributed by atoms with Gasteiger partial charge in [0.25, 0.3) is 0 Å². The SMILES string of the molecule is c1c[nH]c(CCCNc2cc[nH]c2)n1. The van der Waals surface area contributed by atoms with Crippen molar-refractivity contribution in [2.24, 2.45) is 0 Å². The van der Waals surface area contributed by atoms with Crippen LogP contribution in [0.25, 0.3) is 0 Å². The Balaban J connectivity index is 1.65. The first kappa shape index (κ1) is 8.87. The zero-order valence-electron chi connectivity index (χ0n) is 7.96. The van der Waals surface area contributed by atoms with Gasteiger partial charge in [0.2, 0.25) is 0 Å². The van der Waals surface area contributed by atoms with Crippen molar-refractivity contribution in [3.05, 3.63) is 36.7 Å². The predicted molar refractivity (Wildman–Crippen MR) is 56.2 cm³/mol. The van der Waals surface area contributed by atoms with Gasteiger partial charge < -0.3 is 15.3 Å². The molecule has 0 unspecified atom stereocenters. The molecule has 74 valence electrons. The highest BCUT2D eigenvalue weighted by Gasteiger charge is 1.94. The molecule has 0 amide bonds. The van der Waals surface area contributed by atoms with Crippen LogP contribution < -0.4 is 5.32 Å². The van der Waals surface area contributed by atoms with E-state index in [4.69, 9.17) is 0 Å². The van der Waals surface area contributed by atoms with E-state index in [1.54, 1.807) is 6.20 Å². The Bertz CT molecular complexity index is 300. The van der Waals surface area contributed by atoms with Gasteiger partial charge in [0.05, 0.1) is 5.69 Å². The van der Waals surface area contributed by atoms with Crippen molar-refractivity contribution in [1.29, 1.82) is 0 Å². The number of aromatic amines is 2. The van der Waals surface area contributed by atoms with Crippen LogP contribution in [0.15, 0.2) is 30.9 Å². The fourth-order valence-corrected chi connectivity index (χ4v) is 1.36. The van der Waals surface area contributed by atoms with E-state index in [0.29, 0.717) is 0 Å². The van der Waals surface area contributed by atoms with Crippen LogP contribution >= 0.6 is 0 Å². The van der Waals surface area contributed by atoms with Gasteiger partial charge in [-0.3, -0.25) is 0 Å². The molecule has 0 bridgehead atoms. The van der Waals surface area contributed by atoms with Crippen LogP contribution in [0.2, 0.25) is 0 Å². The summed E-state index contributed by atoms with van der Waals surface area (Å²) in [7, 11) is 0. The Morgan fingerprint density at radius 3 is 3.07 bits per heavy atom. The molecule has 2 aromatic heterocycles. The van der Waals surface area contributed by atoms with E-state index in [2.05, 4.69) is 20.3 Å². The molecule has 0 aliphatic carbocycles. The fourth-order valence-electron chi connectivity index (χ4n) is 1.36. The summed E-state index contributed by atoms with van der Waals surface area (Å²) in [5, 5.41) is 3.31. The van der Waals surface area contributed by atoms with Crippen LogP contribution in [0, 0.1) is 0 Å². The van der Waals surface area contributed by atoms with Crippen LogP contribution in [0.1, 0.15) is 12.2 Å². The highest BCUT2D eigenvalue weighted by molar-refractivity contribution is 5.39. The van der Waals surface area contributed by atoms with E-state index < -0.39 is 0 Å². The molecule has 4 heteroatoms. The van der Waals surface area contributed by atoms with Crippen molar-refractivity contribution >= 4 is 5.69 Å². The lowest BCUT2D eigenvalue weighted by atomic mass is 10.3. The molecule has 2 heterocycles. The number of nitrogens with one attached hydrogen (secondary N) is 3. The lowest BCUT2D eigenvalue weighted by Gasteiger charge is -2.01. The van der Waals surface area contributed by atoms with E-state index in [1.165, 1.54) is 0 Å². The van der Waals surface area contributed by atoms with Crippen LogP contribution in [0.5, 0.6) is 0 Å². The monoisotopic (exact) mass is 190 g/mol. The topological polar surface area (TPSA) is 56.5 Å². The molecule has 0 atom stereocenters. The minimum Gasteiger partial charge on any atom is -0.384 e. The van der Waals surface area contributed by atoms with Crippen molar-refractivity contribution in [3.63, 3.8) is 0 Å². The Kier molecular flexibility index (Phi) is 2.85. The highest BCUT2D eigenvalue weighted by atomic mass is 14.9. The maximum Gasteiger partial charge on any atom is 0.106 e. The predicted octanol–water partition coefficient (Wildman–Crippen LogP) is 1.78. The number of H-pyrrole nitrogens is 2. The lowest BCUT2D eigenvalue weighted by molar-refractivity contribution is 0.816. The number of anilines is 1. The van der Waals surface area contributed by atoms with Crippen molar-refractivity contribution in [3.8, 4) is 0 Å². The summed E-state index contributed by atoms with van der Waals surface area (Å²) < 4.78 is 0. The average molecular weight is 190 g/mol. The molecule has 0 aliphatic rings. The number of hydrogen-bond donors (Lipinski definition) is 3. The second-order valence-corrected chi connectivity index (χ2v) is 3.17. The van der Waals surface area contributed by atoms with Gasteiger partial charge in [0, 0.05) is 37.8 Å². The smallest absolute Gasteiger partial charge is 0.106 e. The Morgan fingerprint density at radius 1 is 1.36 bits per heavy atom. The molecule has 0 aliphatic heterocycles. The molecular formula is C10H14N4. The van der Waals surface area contributed by atoms with E-state index in [1.807, 2.05) is 24.7 Å². The van der Waals surface area contributed by atoms with Crippen molar-refractivity contribution in [2.75, 3.05) is 11.9 Å². The molecular weight excluding hydrogens is 176 g/mol. The second-order valence-electron chi connectivity index (χ2n) is 3.17. The van der Waals surface area contributed by atoms with Gasteiger partial charge in [-0.15, -0.1) is 0 Å². The Hall–Kier alpha value is -1.71. The highest BCUT2D eigenvalue weighted by Crippen LogP contribution is 2.03. The molecule has 2 rings (SSSR count). The van der Waals surface area contributed by atoms with Gasteiger partial charge in [-0.05, 0) is 12.5 Å². The summed E-state index contributed by atoms with van der Waals surface area (Å²) in [6.07, 6.45) is 9.58. The van der Waals surface area contributed by atoms with E-state index >= 15 is 0 Å². The third-order valence-electron chi connectivity index (χ3n) is 2.07. The molecule has 0 saturated heterocycles. The zero-order chi connectivity index (χ0) is 9.64. The quantitative estimate of drug-likeness (QED) is 0.629. The molecule has 2 aromatic rings. The molecule has 14 heavy (non-hydrogen) atoms. The number of aromatic nitrogens is 3. The summed E-state index contributed by atoms with van der Waals surface area (Å²) in [6, 6.07) is 2.02. The van der Waals surface area contributed by atoms with Gasteiger partial charge in [0.15, 0.2) is 0 Å². The third-order valence-corrected chi connectivity index (χ3v) is 2.07. The van der Waals surface area contributed by atoms with E-state index in [9.17, 15) is 0 Å². The maximum atomic E-state index is 4.16. The molecule has 0 saturated carbocycles. The fraction of sp³-hybridized carbons (Fsp3) is 0.300. The molecule has 0 spiro atoms. The molecule has 0 fully saturated rings. The standard InChI is InChI=1S/C10H14N4/c1(2-10-13-6-7-14-10)4-12-9-3-5-11-8-9/h3,5-8,11-12H,1-2,4H2,(H,13,14). The first-order valence-electron chi connectivity index (χ1n) is 4.80. The van der Waals surface area contributed by atoms with Crippen LogP contribution in [-0.4, -0.2) is 21.5 Å². The van der Waals surface area contributed by atoms with E-state index in [-0.39, 0.29) is 0 Å². The van der Waals surface area contributed by atoms with Gasteiger partial charge in [0.1, 0.15) is 5.82 Å². The first-order chi connectivity index (χ1) is 6.95. The molecule has 4 nitrogen and oxygen atoms in total. The van der Waals surface area contributed by atoms with Crippen molar-refractivity contribution < 1.29 is 0 Å². The summed E-state index contributed by atoms with van der Waals surface area (Å²) in [4.78, 5) is 10.3. The van der Waals surface area contributed by atoms with Crippen molar-refractivity contribution in [2.45, 2.75) is 12.8 Å². The largest absolute Gasteiger partial charge is 0.384 e. The number of aryl methyl sites for hydroxylation is 1. The first-order valence-corrected chi connectivity index (χ1v) is 4.80. The van der Waals surface area contributed by atoms with Crippen LogP contribution in [0.4, 0.5) is 5.69 Å². The number of nitrogens with zero attached hydrogens (tertiary/aromatic N) is 1.